The summed E-state index contributed by atoms with van der Waals surface area (Å²) in [5, 5.41) is 9.44. The van der Waals surface area contributed by atoms with Gasteiger partial charge in [-0.3, -0.25) is 14.7 Å². The van der Waals surface area contributed by atoms with Gasteiger partial charge in [0.05, 0.1) is 19.1 Å². The summed E-state index contributed by atoms with van der Waals surface area (Å²) < 4.78 is 0. The third-order valence-electron chi connectivity index (χ3n) is 3.72. The highest BCUT2D eigenvalue weighted by Crippen LogP contribution is 2.21. The maximum Gasteiger partial charge on any atom is 0.152 e. The first-order chi connectivity index (χ1) is 9.34. The number of aliphatic hydroxyl groups excluding tert-OH is 1. The summed E-state index contributed by atoms with van der Waals surface area (Å²) >= 11 is 0. The Morgan fingerprint density at radius 3 is 2.70 bits per heavy atom. The van der Waals surface area contributed by atoms with Crippen molar-refractivity contribution in [2.24, 2.45) is 0 Å². The lowest BCUT2D eigenvalue weighted by atomic mass is 9.88. The summed E-state index contributed by atoms with van der Waals surface area (Å²) in [7, 11) is 0. The van der Waals surface area contributed by atoms with Crippen LogP contribution in [0, 0.1) is 0 Å². The van der Waals surface area contributed by atoms with Crippen LogP contribution in [0.4, 0.5) is 0 Å². The van der Waals surface area contributed by atoms with Gasteiger partial charge in [-0.15, -0.1) is 0 Å². The molecule has 1 aliphatic heterocycles. The van der Waals surface area contributed by atoms with Gasteiger partial charge < -0.3 is 5.11 Å². The van der Waals surface area contributed by atoms with Crippen LogP contribution in [0.3, 0.4) is 0 Å². The molecule has 1 aliphatic rings. The molecule has 0 saturated carbocycles. The van der Waals surface area contributed by atoms with Gasteiger partial charge in [0, 0.05) is 25.0 Å². The van der Waals surface area contributed by atoms with Crippen LogP contribution >= 0.6 is 0 Å². The normalized spacial score (nSPS) is 20.3. The van der Waals surface area contributed by atoms with Gasteiger partial charge >= 0.3 is 0 Å². The van der Waals surface area contributed by atoms with Crippen molar-refractivity contribution in [3.63, 3.8) is 0 Å². The molecule has 20 heavy (non-hydrogen) atoms. The van der Waals surface area contributed by atoms with E-state index in [-0.39, 0.29) is 17.3 Å². The summed E-state index contributed by atoms with van der Waals surface area (Å²) in [5.74, 6) is 0.162. The van der Waals surface area contributed by atoms with Crippen LogP contribution in [0.2, 0.25) is 0 Å². The molecule has 1 atom stereocenters. The zero-order valence-electron chi connectivity index (χ0n) is 12.6. The van der Waals surface area contributed by atoms with Crippen LogP contribution in [0.1, 0.15) is 38.4 Å². The van der Waals surface area contributed by atoms with Crippen molar-refractivity contribution in [2.75, 3.05) is 19.6 Å². The number of nitrogens with zero attached hydrogens (tertiary/aromatic N) is 2. The number of aliphatic hydroxyl groups is 1. The van der Waals surface area contributed by atoms with Gasteiger partial charge in [0.1, 0.15) is 0 Å². The summed E-state index contributed by atoms with van der Waals surface area (Å²) in [6.07, 6.45) is 2.73. The molecule has 1 N–H and O–H groups in total. The first kappa shape index (κ1) is 15.1. The lowest BCUT2D eigenvalue weighted by molar-refractivity contribution is -0.119. The molecule has 0 bridgehead atoms. The Bertz CT molecular complexity index is 462. The quantitative estimate of drug-likeness (QED) is 0.906. The molecule has 0 unspecified atom stereocenters. The molecule has 110 valence electrons. The van der Waals surface area contributed by atoms with Gasteiger partial charge in [-0.1, -0.05) is 26.8 Å². The van der Waals surface area contributed by atoms with E-state index in [9.17, 15) is 9.90 Å². The van der Waals surface area contributed by atoms with E-state index >= 15 is 0 Å². The molecule has 4 heteroatoms. The van der Waals surface area contributed by atoms with Gasteiger partial charge in [-0.05, 0) is 23.5 Å². The van der Waals surface area contributed by atoms with Crippen molar-refractivity contribution in [3.8, 4) is 0 Å². The SMILES string of the molecule is CC(C)(C)c1ccc(CC(=O)CN2CC[C@H](O)C2)nc1. The lowest BCUT2D eigenvalue weighted by Gasteiger charge is -2.18. The number of likely N-dealkylation sites (tertiary alicyclic amines) is 1. The number of ketones is 1. The molecule has 0 aromatic carbocycles. The lowest BCUT2D eigenvalue weighted by Crippen LogP contribution is -2.29. The average molecular weight is 276 g/mol. The van der Waals surface area contributed by atoms with Gasteiger partial charge in [0.15, 0.2) is 5.78 Å². The number of hydrogen-bond acceptors (Lipinski definition) is 4. The van der Waals surface area contributed by atoms with E-state index in [2.05, 4.69) is 31.8 Å². The third-order valence-corrected chi connectivity index (χ3v) is 3.72. The minimum absolute atomic E-state index is 0.0846. The van der Waals surface area contributed by atoms with Gasteiger partial charge in [0.2, 0.25) is 0 Å². The molecule has 1 aromatic heterocycles. The minimum Gasteiger partial charge on any atom is -0.392 e. The highest BCUT2D eigenvalue weighted by molar-refractivity contribution is 5.82. The van der Waals surface area contributed by atoms with Crippen molar-refractivity contribution < 1.29 is 9.90 Å². The van der Waals surface area contributed by atoms with E-state index in [1.165, 1.54) is 5.56 Å². The van der Waals surface area contributed by atoms with Crippen molar-refractivity contribution in [3.05, 3.63) is 29.6 Å². The number of rotatable bonds is 4. The number of carbonyl (C=O) groups excluding carboxylic acids is 1. The second kappa shape index (κ2) is 6.02. The second-order valence-electron chi connectivity index (χ2n) is 6.68. The van der Waals surface area contributed by atoms with E-state index in [4.69, 9.17) is 0 Å². The largest absolute Gasteiger partial charge is 0.392 e. The smallest absolute Gasteiger partial charge is 0.152 e. The molecule has 0 spiro atoms. The molecular formula is C16H24N2O2. The van der Waals surface area contributed by atoms with Crippen LogP contribution in [0.15, 0.2) is 18.3 Å². The van der Waals surface area contributed by atoms with Gasteiger partial charge in [-0.2, -0.15) is 0 Å². The Balaban J connectivity index is 1.88. The molecule has 0 aliphatic carbocycles. The zero-order chi connectivity index (χ0) is 14.8. The van der Waals surface area contributed by atoms with Crippen LogP contribution in [0.5, 0.6) is 0 Å². The topological polar surface area (TPSA) is 53.4 Å². The van der Waals surface area contributed by atoms with E-state index in [1.807, 2.05) is 17.2 Å². The Labute approximate surface area is 120 Å². The standard InChI is InChI=1S/C16H24N2O2/c1-16(2,3)12-4-5-13(17-9-12)8-15(20)11-18-7-6-14(19)10-18/h4-5,9,14,19H,6-8,10-11H2,1-3H3/t14-/m0/s1. The van der Waals surface area contributed by atoms with Gasteiger partial charge in [-0.25, -0.2) is 0 Å². The molecular weight excluding hydrogens is 252 g/mol. The highest BCUT2D eigenvalue weighted by atomic mass is 16.3. The predicted octanol–water partition coefficient (Wildman–Crippen LogP) is 1.56. The van der Waals surface area contributed by atoms with Gasteiger partial charge in [0.25, 0.3) is 0 Å². The van der Waals surface area contributed by atoms with Crippen LogP contribution in [-0.4, -0.2) is 46.5 Å². The minimum atomic E-state index is -0.271. The van der Waals surface area contributed by atoms with Crippen molar-refractivity contribution in [2.45, 2.75) is 45.1 Å². The zero-order valence-corrected chi connectivity index (χ0v) is 12.6. The first-order valence-corrected chi connectivity index (χ1v) is 7.22. The van der Waals surface area contributed by atoms with E-state index in [0.29, 0.717) is 19.5 Å². The molecule has 1 saturated heterocycles. The van der Waals surface area contributed by atoms with Crippen LogP contribution < -0.4 is 0 Å². The Morgan fingerprint density at radius 2 is 2.20 bits per heavy atom. The van der Waals surface area contributed by atoms with E-state index in [0.717, 1.165) is 18.7 Å². The van der Waals surface area contributed by atoms with E-state index in [1.54, 1.807) is 0 Å². The average Bonchev–Trinajstić information content (AvgIpc) is 2.74. The van der Waals surface area contributed by atoms with E-state index < -0.39 is 0 Å². The summed E-state index contributed by atoms with van der Waals surface area (Å²) in [4.78, 5) is 18.4. The monoisotopic (exact) mass is 276 g/mol. The van der Waals surface area contributed by atoms with Crippen LogP contribution in [0.25, 0.3) is 0 Å². The van der Waals surface area contributed by atoms with Crippen molar-refractivity contribution in [1.29, 1.82) is 0 Å². The number of Topliss-reactive ketones (excluding diaryl/α,β-unsaturated/α-hetero) is 1. The highest BCUT2D eigenvalue weighted by Gasteiger charge is 2.22. The first-order valence-electron chi connectivity index (χ1n) is 7.22. The third kappa shape index (κ3) is 4.12. The number of aromatic nitrogens is 1. The van der Waals surface area contributed by atoms with Crippen molar-refractivity contribution >= 4 is 5.78 Å². The molecule has 4 nitrogen and oxygen atoms in total. The fourth-order valence-corrected chi connectivity index (χ4v) is 2.44. The summed E-state index contributed by atoms with van der Waals surface area (Å²) in [6.45, 7) is 8.28. The fourth-order valence-electron chi connectivity index (χ4n) is 2.44. The Hall–Kier alpha value is -1.26. The number of carbonyl (C=O) groups is 1. The maximum atomic E-state index is 12.0. The molecule has 1 fully saturated rings. The molecule has 0 radical (unpaired) electrons. The Kier molecular flexibility index (Phi) is 4.55. The molecule has 1 aromatic rings. The van der Waals surface area contributed by atoms with Crippen molar-refractivity contribution in [1.82, 2.24) is 9.88 Å². The fraction of sp³-hybridized carbons (Fsp3) is 0.625. The molecule has 2 rings (SSSR count). The second-order valence-corrected chi connectivity index (χ2v) is 6.68. The maximum absolute atomic E-state index is 12.0. The number of hydrogen-bond donors (Lipinski definition) is 1. The molecule has 2 heterocycles. The van der Waals surface area contributed by atoms with Crippen LogP contribution in [-0.2, 0) is 16.6 Å². The Morgan fingerprint density at radius 1 is 1.45 bits per heavy atom. The summed E-state index contributed by atoms with van der Waals surface area (Å²) in [5.41, 5.74) is 2.08. The summed E-state index contributed by atoms with van der Waals surface area (Å²) in [6, 6.07) is 3.99. The number of pyridine rings is 1. The predicted molar refractivity (Wildman–Crippen MR) is 78.7 cm³/mol. The molecule has 0 amide bonds. The number of β-amino-alcohol motifs (C(OH)–C–C–N with tert-alkyl or cyclic N) is 1.